The number of nitrogens with zero attached hydrogens (tertiary/aromatic N) is 2. The molecule has 0 bridgehead atoms. The van der Waals surface area contributed by atoms with Gasteiger partial charge < -0.3 is 4.57 Å². The number of hydrogen-bond acceptors (Lipinski definition) is 3. The Bertz CT molecular complexity index is 803. The molecule has 0 unspecified atom stereocenters. The van der Waals surface area contributed by atoms with Crippen LogP contribution < -0.4 is 5.32 Å². The van der Waals surface area contributed by atoms with Crippen molar-refractivity contribution >= 4 is 40.3 Å². The number of anilines is 1. The first-order valence-corrected chi connectivity index (χ1v) is 8.13. The molecule has 0 aliphatic heterocycles. The summed E-state index contributed by atoms with van der Waals surface area (Å²) in [7, 11) is 0. The lowest BCUT2D eigenvalue weighted by atomic mass is 10.3. The maximum absolute atomic E-state index is 12.1. The minimum atomic E-state index is -0.166. The highest BCUT2D eigenvalue weighted by Crippen LogP contribution is 2.20. The number of hydrogen-bond donors (Lipinski definition) is 1. The Labute approximate surface area is 133 Å². The molecular weight excluding hydrogens is 294 g/mol. The molecule has 5 heteroatoms. The third-order valence-corrected chi connectivity index (χ3v) is 4.12. The second-order valence-corrected chi connectivity index (χ2v) is 5.89. The van der Waals surface area contributed by atoms with Gasteiger partial charge in [0, 0.05) is 17.5 Å². The molecular formula is C17H17N3OS. The average Bonchev–Trinajstić information content (AvgIpc) is 3.14. The van der Waals surface area contributed by atoms with Gasteiger partial charge in [0.25, 0.3) is 5.91 Å². The van der Waals surface area contributed by atoms with Crippen LogP contribution in [-0.4, -0.2) is 15.5 Å². The predicted octanol–water partition coefficient (Wildman–Crippen LogP) is 4.16. The van der Waals surface area contributed by atoms with Crippen molar-refractivity contribution in [2.75, 3.05) is 5.32 Å². The monoisotopic (exact) mass is 311 g/mol. The van der Waals surface area contributed by atoms with Crippen molar-refractivity contribution in [3.05, 3.63) is 52.7 Å². The van der Waals surface area contributed by atoms with Crippen LogP contribution in [0.25, 0.3) is 17.1 Å². The number of amides is 1. The lowest BCUT2D eigenvalue weighted by Gasteiger charge is -2.07. The van der Waals surface area contributed by atoms with Crippen LogP contribution in [0.4, 0.5) is 5.95 Å². The number of benzene rings is 1. The minimum absolute atomic E-state index is 0.166. The minimum Gasteiger partial charge on any atom is -0.310 e. The maximum atomic E-state index is 12.1. The predicted molar refractivity (Wildman–Crippen MR) is 92.0 cm³/mol. The van der Waals surface area contributed by atoms with Gasteiger partial charge in [-0.2, -0.15) is 0 Å². The van der Waals surface area contributed by atoms with E-state index in [9.17, 15) is 4.79 Å². The van der Waals surface area contributed by atoms with E-state index in [0.717, 1.165) is 28.9 Å². The van der Waals surface area contributed by atoms with Gasteiger partial charge in [0.1, 0.15) is 0 Å². The summed E-state index contributed by atoms with van der Waals surface area (Å²) in [5, 5.41) is 4.86. The normalized spacial score (nSPS) is 11.3. The Morgan fingerprint density at radius 2 is 2.18 bits per heavy atom. The highest BCUT2D eigenvalue weighted by Gasteiger charge is 2.11. The number of nitrogens with one attached hydrogen (secondary N) is 1. The Morgan fingerprint density at radius 1 is 1.32 bits per heavy atom. The van der Waals surface area contributed by atoms with E-state index < -0.39 is 0 Å². The standard InChI is InChI=1S/C17H17N3OS/c1-2-11-20-15-8-4-3-7-14(15)18-17(20)19-16(21)10-9-13-6-5-12-22-13/h3-10,12H,2,11H2,1H3,(H,18,19,21)/b10-9+. The SMILES string of the molecule is CCCn1c(NC(=O)/C=C/c2cccs2)nc2ccccc21. The summed E-state index contributed by atoms with van der Waals surface area (Å²) >= 11 is 1.60. The van der Waals surface area contributed by atoms with Gasteiger partial charge in [0.05, 0.1) is 11.0 Å². The molecule has 3 aromatic rings. The molecule has 2 aromatic heterocycles. The zero-order valence-corrected chi connectivity index (χ0v) is 13.1. The van der Waals surface area contributed by atoms with Crippen LogP contribution in [0.15, 0.2) is 47.9 Å². The van der Waals surface area contributed by atoms with E-state index in [2.05, 4.69) is 17.2 Å². The van der Waals surface area contributed by atoms with Crippen molar-refractivity contribution in [2.24, 2.45) is 0 Å². The molecule has 2 heterocycles. The van der Waals surface area contributed by atoms with Crippen LogP contribution in [-0.2, 0) is 11.3 Å². The number of imidazole rings is 1. The largest absolute Gasteiger partial charge is 0.310 e. The van der Waals surface area contributed by atoms with E-state index in [1.807, 2.05) is 52.4 Å². The van der Waals surface area contributed by atoms with E-state index in [0.29, 0.717) is 5.95 Å². The topological polar surface area (TPSA) is 46.9 Å². The molecule has 0 aliphatic rings. The highest BCUT2D eigenvalue weighted by atomic mass is 32.1. The fraction of sp³-hybridized carbons (Fsp3) is 0.176. The molecule has 3 rings (SSSR count). The van der Waals surface area contributed by atoms with Gasteiger partial charge >= 0.3 is 0 Å². The number of aryl methyl sites for hydroxylation is 1. The van der Waals surface area contributed by atoms with Gasteiger partial charge in [-0.3, -0.25) is 10.1 Å². The highest BCUT2D eigenvalue weighted by molar-refractivity contribution is 7.10. The summed E-state index contributed by atoms with van der Waals surface area (Å²) in [4.78, 5) is 17.7. The summed E-state index contributed by atoms with van der Waals surface area (Å²) in [6.07, 6.45) is 4.34. The third-order valence-electron chi connectivity index (χ3n) is 3.28. The van der Waals surface area contributed by atoms with Crippen LogP contribution in [0.1, 0.15) is 18.2 Å². The second-order valence-electron chi connectivity index (χ2n) is 4.91. The van der Waals surface area contributed by atoms with E-state index in [4.69, 9.17) is 0 Å². The number of fused-ring (bicyclic) bond motifs is 1. The van der Waals surface area contributed by atoms with Gasteiger partial charge in [-0.15, -0.1) is 11.3 Å². The maximum Gasteiger partial charge on any atom is 0.250 e. The van der Waals surface area contributed by atoms with Gasteiger partial charge in [-0.25, -0.2) is 4.98 Å². The van der Waals surface area contributed by atoms with Crippen molar-refractivity contribution in [1.82, 2.24) is 9.55 Å². The van der Waals surface area contributed by atoms with Crippen molar-refractivity contribution in [3.8, 4) is 0 Å². The Hall–Kier alpha value is -2.40. The van der Waals surface area contributed by atoms with E-state index >= 15 is 0 Å². The van der Waals surface area contributed by atoms with Crippen LogP contribution in [0.5, 0.6) is 0 Å². The molecule has 0 aliphatic carbocycles. The molecule has 1 aromatic carbocycles. The average molecular weight is 311 g/mol. The van der Waals surface area contributed by atoms with Crippen molar-refractivity contribution in [2.45, 2.75) is 19.9 Å². The number of para-hydroxylation sites is 2. The van der Waals surface area contributed by atoms with Crippen LogP contribution in [0.2, 0.25) is 0 Å². The quantitative estimate of drug-likeness (QED) is 0.719. The summed E-state index contributed by atoms with van der Waals surface area (Å²) in [5.41, 5.74) is 1.94. The molecule has 1 N–H and O–H groups in total. The van der Waals surface area contributed by atoms with E-state index in [-0.39, 0.29) is 5.91 Å². The summed E-state index contributed by atoms with van der Waals surface area (Å²) in [6, 6.07) is 11.9. The van der Waals surface area contributed by atoms with Gasteiger partial charge in [-0.05, 0) is 36.1 Å². The Balaban J connectivity index is 1.83. The first-order chi connectivity index (χ1) is 10.8. The smallest absolute Gasteiger partial charge is 0.250 e. The molecule has 0 spiro atoms. The van der Waals surface area contributed by atoms with Crippen molar-refractivity contribution in [3.63, 3.8) is 0 Å². The second kappa shape index (κ2) is 6.58. The van der Waals surface area contributed by atoms with Crippen molar-refractivity contribution in [1.29, 1.82) is 0 Å². The van der Waals surface area contributed by atoms with Crippen LogP contribution in [0, 0.1) is 0 Å². The molecule has 0 saturated carbocycles. The molecule has 0 radical (unpaired) electrons. The molecule has 4 nitrogen and oxygen atoms in total. The lowest BCUT2D eigenvalue weighted by molar-refractivity contribution is -0.111. The van der Waals surface area contributed by atoms with Crippen molar-refractivity contribution < 1.29 is 4.79 Å². The molecule has 0 saturated heterocycles. The molecule has 0 atom stereocenters. The van der Waals surface area contributed by atoms with E-state index in [1.165, 1.54) is 0 Å². The van der Waals surface area contributed by atoms with Gasteiger partial charge in [0.2, 0.25) is 5.95 Å². The number of aromatic nitrogens is 2. The molecule has 0 fully saturated rings. The molecule has 1 amide bonds. The fourth-order valence-electron chi connectivity index (χ4n) is 2.32. The Morgan fingerprint density at radius 3 is 2.95 bits per heavy atom. The first kappa shape index (κ1) is 14.5. The summed E-state index contributed by atoms with van der Waals surface area (Å²) in [5.74, 6) is 0.435. The number of rotatable bonds is 5. The fourth-order valence-corrected chi connectivity index (χ4v) is 2.93. The zero-order valence-electron chi connectivity index (χ0n) is 12.3. The van der Waals surface area contributed by atoms with E-state index in [1.54, 1.807) is 17.4 Å². The van der Waals surface area contributed by atoms with Crippen LogP contribution >= 0.6 is 11.3 Å². The number of carbonyl (C=O) groups excluding carboxylic acids is 1. The number of thiophene rings is 1. The first-order valence-electron chi connectivity index (χ1n) is 7.26. The number of carbonyl (C=O) groups is 1. The summed E-state index contributed by atoms with van der Waals surface area (Å²) in [6.45, 7) is 2.93. The zero-order chi connectivity index (χ0) is 15.4. The van der Waals surface area contributed by atoms with Gasteiger partial charge in [-0.1, -0.05) is 25.1 Å². The lowest BCUT2D eigenvalue weighted by Crippen LogP contribution is -2.13. The molecule has 112 valence electrons. The summed E-state index contributed by atoms with van der Waals surface area (Å²) < 4.78 is 2.05. The van der Waals surface area contributed by atoms with Gasteiger partial charge in [0.15, 0.2) is 0 Å². The molecule has 22 heavy (non-hydrogen) atoms. The van der Waals surface area contributed by atoms with Crippen LogP contribution in [0.3, 0.4) is 0 Å². The Kier molecular flexibility index (Phi) is 4.34. The third kappa shape index (κ3) is 3.09.